The molecular weight excluding hydrogens is 104 g/mol. The quantitative estimate of drug-likeness (QED) is 0.467. The van der Waals surface area contributed by atoms with Crippen molar-refractivity contribution >= 4 is 0 Å². The maximum Gasteiger partial charge on any atom is 0.0640 e. The average molecular weight is 116 g/mol. The molecule has 48 valence electrons. The first-order valence-electron chi connectivity index (χ1n) is 3.00. The van der Waals surface area contributed by atoms with E-state index < -0.39 is 0 Å². The van der Waals surface area contributed by atoms with Crippen LogP contribution in [0.5, 0.6) is 0 Å². The van der Waals surface area contributed by atoms with Gasteiger partial charge in [0.25, 0.3) is 0 Å². The number of hydrogen-bond donors (Lipinski definition) is 2. The lowest BCUT2D eigenvalue weighted by Crippen LogP contribution is -2.52. The van der Waals surface area contributed by atoms with Gasteiger partial charge in [0.05, 0.1) is 12.2 Å². The first kappa shape index (κ1) is 6.05. The molecule has 0 unspecified atom stereocenters. The van der Waals surface area contributed by atoms with E-state index in [0.717, 1.165) is 0 Å². The molecule has 0 aromatic carbocycles. The van der Waals surface area contributed by atoms with Crippen molar-refractivity contribution < 1.29 is 10.2 Å². The van der Waals surface area contributed by atoms with Crippen LogP contribution in [0.15, 0.2) is 0 Å². The summed E-state index contributed by atoms with van der Waals surface area (Å²) in [5, 5.41) is 18.0. The number of rotatable bonds is 0. The molecule has 2 nitrogen and oxygen atoms in total. The van der Waals surface area contributed by atoms with Crippen molar-refractivity contribution in [3.05, 3.63) is 0 Å². The molecule has 0 saturated heterocycles. The smallest absolute Gasteiger partial charge is 0.0640 e. The highest BCUT2D eigenvalue weighted by molar-refractivity contribution is 4.92. The van der Waals surface area contributed by atoms with Crippen LogP contribution in [-0.2, 0) is 0 Å². The van der Waals surface area contributed by atoms with Gasteiger partial charge in [-0.2, -0.15) is 0 Å². The molecule has 1 rings (SSSR count). The third-order valence-corrected chi connectivity index (χ3v) is 2.15. The summed E-state index contributed by atoms with van der Waals surface area (Å²) in [5.41, 5.74) is 0. The van der Waals surface area contributed by atoms with Crippen LogP contribution < -0.4 is 0 Å². The van der Waals surface area contributed by atoms with Crippen molar-refractivity contribution in [3.8, 4) is 0 Å². The number of aliphatic hydroxyl groups excluding tert-OH is 2. The fraction of sp³-hybridized carbons (Fsp3) is 1.00. The third kappa shape index (κ3) is 0.565. The first-order valence-corrected chi connectivity index (χ1v) is 3.00. The van der Waals surface area contributed by atoms with Crippen LogP contribution in [0.4, 0.5) is 0 Å². The molecule has 1 aliphatic rings. The Morgan fingerprint density at radius 3 is 1.25 bits per heavy atom. The molecule has 0 aromatic heterocycles. The van der Waals surface area contributed by atoms with Gasteiger partial charge in [-0.25, -0.2) is 0 Å². The Bertz CT molecular complexity index is 60.5. The summed E-state index contributed by atoms with van der Waals surface area (Å²) in [6.07, 6.45) is -0.546. The molecule has 1 aliphatic carbocycles. The van der Waals surface area contributed by atoms with Crippen molar-refractivity contribution in [2.75, 3.05) is 0 Å². The Kier molecular flexibility index (Phi) is 1.29. The van der Waals surface area contributed by atoms with E-state index in [0.29, 0.717) is 0 Å². The van der Waals surface area contributed by atoms with Crippen LogP contribution in [0.2, 0.25) is 0 Å². The SMILES string of the molecule is CC1C(O)C(C)C1O. The zero-order valence-electron chi connectivity index (χ0n) is 5.20. The van der Waals surface area contributed by atoms with Crippen LogP contribution in [0.25, 0.3) is 0 Å². The van der Waals surface area contributed by atoms with Crippen molar-refractivity contribution in [1.29, 1.82) is 0 Å². The average Bonchev–Trinajstić information content (AvgIpc) is 1.83. The Morgan fingerprint density at radius 1 is 0.875 bits per heavy atom. The van der Waals surface area contributed by atoms with E-state index in [1.54, 1.807) is 0 Å². The highest BCUT2D eigenvalue weighted by Crippen LogP contribution is 2.33. The fourth-order valence-corrected chi connectivity index (χ4v) is 1.22. The summed E-state index contributed by atoms with van der Waals surface area (Å²) in [6.45, 7) is 3.71. The second kappa shape index (κ2) is 1.71. The molecule has 1 fully saturated rings. The van der Waals surface area contributed by atoms with Gasteiger partial charge in [0, 0.05) is 11.8 Å². The van der Waals surface area contributed by atoms with Gasteiger partial charge in [0.1, 0.15) is 0 Å². The summed E-state index contributed by atoms with van der Waals surface area (Å²) in [6, 6.07) is 0. The second-order valence-corrected chi connectivity index (χ2v) is 2.70. The standard InChI is InChI=1S/C6H12O2/c1-3-5(7)4(2)6(3)8/h3-8H,1-2H3. The van der Waals surface area contributed by atoms with Crippen LogP contribution in [0, 0.1) is 11.8 Å². The summed E-state index contributed by atoms with van der Waals surface area (Å²) in [4.78, 5) is 0. The highest BCUT2D eigenvalue weighted by atomic mass is 16.3. The molecule has 0 spiro atoms. The molecule has 0 aliphatic heterocycles. The van der Waals surface area contributed by atoms with E-state index in [9.17, 15) is 0 Å². The van der Waals surface area contributed by atoms with Gasteiger partial charge in [-0.05, 0) is 0 Å². The molecule has 0 heterocycles. The zero-order valence-corrected chi connectivity index (χ0v) is 5.20. The molecule has 0 amide bonds. The number of aliphatic hydroxyl groups is 2. The minimum absolute atomic E-state index is 0.0880. The Hall–Kier alpha value is -0.0800. The van der Waals surface area contributed by atoms with Crippen molar-refractivity contribution in [1.82, 2.24) is 0 Å². The lowest BCUT2D eigenvalue weighted by Gasteiger charge is -2.42. The van der Waals surface area contributed by atoms with Gasteiger partial charge in [-0.1, -0.05) is 13.8 Å². The molecule has 0 aromatic rings. The van der Waals surface area contributed by atoms with Gasteiger partial charge >= 0.3 is 0 Å². The van der Waals surface area contributed by atoms with E-state index in [2.05, 4.69) is 0 Å². The van der Waals surface area contributed by atoms with Gasteiger partial charge in [0.2, 0.25) is 0 Å². The van der Waals surface area contributed by atoms with Crippen molar-refractivity contribution in [2.45, 2.75) is 26.1 Å². The summed E-state index contributed by atoms with van der Waals surface area (Å²) >= 11 is 0. The third-order valence-electron chi connectivity index (χ3n) is 2.15. The lowest BCUT2D eigenvalue weighted by atomic mass is 9.71. The lowest BCUT2D eigenvalue weighted by molar-refractivity contribution is -0.135. The summed E-state index contributed by atoms with van der Waals surface area (Å²) in [5.74, 6) is 0.176. The van der Waals surface area contributed by atoms with Crippen LogP contribution in [-0.4, -0.2) is 22.4 Å². The van der Waals surface area contributed by atoms with E-state index >= 15 is 0 Å². The topological polar surface area (TPSA) is 40.5 Å². The largest absolute Gasteiger partial charge is 0.392 e. The fourth-order valence-electron chi connectivity index (χ4n) is 1.22. The van der Waals surface area contributed by atoms with Crippen LogP contribution >= 0.6 is 0 Å². The predicted octanol–water partition coefficient (Wildman–Crippen LogP) is -0.00600. The first-order chi connectivity index (χ1) is 3.64. The number of hydrogen-bond acceptors (Lipinski definition) is 2. The Labute approximate surface area is 49.1 Å². The van der Waals surface area contributed by atoms with Crippen molar-refractivity contribution in [2.24, 2.45) is 11.8 Å². The summed E-state index contributed by atoms with van der Waals surface area (Å²) in [7, 11) is 0. The zero-order chi connectivity index (χ0) is 6.31. The second-order valence-electron chi connectivity index (χ2n) is 2.70. The minimum atomic E-state index is -0.273. The summed E-state index contributed by atoms with van der Waals surface area (Å²) < 4.78 is 0. The van der Waals surface area contributed by atoms with Crippen LogP contribution in [0.1, 0.15) is 13.8 Å². The van der Waals surface area contributed by atoms with E-state index in [-0.39, 0.29) is 24.0 Å². The van der Waals surface area contributed by atoms with Crippen molar-refractivity contribution in [3.63, 3.8) is 0 Å². The predicted molar refractivity (Wildman–Crippen MR) is 30.3 cm³/mol. The molecular formula is C6H12O2. The monoisotopic (exact) mass is 116 g/mol. The Balaban J connectivity index is 2.42. The van der Waals surface area contributed by atoms with Gasteiger partial charge in [0.15, 0.2) is 0 Å². The maximum atomic E-state index is 9.00. The van der Waals surface area contributed by atoms with Gasteiger partial charge in [-0.3, -0.25) is 0 Å². The molecule has 0 bridgehead atoms. The molecule has 8 heavy (non-hydrogen) atoms. The minimum Gasteiger partial charge on any atom is -0.392 e. The maximum absolute atomic E-state index is 9.00. The van der Waals surface area contributed by atoms with Gasteiger partial charge < -0.3 is 10.2 Å². The molecule has 2 N–H and O–H groups in total. The molecule has 2 heteroatoms. The highest BCUT2D eigenvalue weighted by Gasteiger charge is 2.42. The molecule has 0 atom stereocenters. The molecule has 1 saturated carbocycles. The molecule has 0 radical (unpaired) electrons. The van der Waals surface area contributed by atoms with Crippen LogP contribution in [0.3, 0.4) is 0 Å². The normalized spacial score (nSPS) is 55.5. The van der Waals surface area contributed by atoms with E-state index in [4.69, 9.17) is 10.2 Å². The Morgan fingerprint density at radius 2 is 1.12 bits per heavy atom. The van der Waals surface area contributed by atoms with E-state index in [1.807, 2.05) is 13.8 Å². The van der Waals surface area contributed by atoms with E-state index in [1.165, 1.54) is 0 Å². The van der Waals surface area contributed by atoms with Gasteiger partial charge in [-0.15, -0.1) is 0 Å².